The molecule has 0 aliphatic rings. The number of rotatable bonds is 19. The van der Waals surface area contributed by atoms with Gasteiger partial charge in [0.2, 0.25) is 5.91 Å². The number of aliphatic hydroxyl groups excluding tert-OH is 2. The summed E-state index contributed by atoms with van der Waals surface area (Å²) in [7, 11) is 0. The lowest BCUT2D eigenvalue weighted by Crippen LogP contribution is -2.45. The van der Waals surface area contributed by atoms with Crippen molar-refractivity contribution < 1.29 is 15.0 Å². The van der Waals surface area contributed by atoms with Crippen LogP contribution >= 0.6 is 0 Å². The van der Waals surface area contributed by atoms with E-state index < -0.39 is 18.2 Å². The van der Waals surface area contributed by atoms with Crippen LogP contribution in [0.2, 0.25) is 0 Å². The number of unbranched alkanes of at least 4 members (excludes halogenated alkanes) is 12. The summed E-state index contributed by atoms with van der Waals surface area (Å²) in [5.74, 6) is -0.0480. The highest BCUT2D eigenvalue weighted by Crippen LogP contribution is 2.13. The summed E-state index contributed by atoms with van der Waals surface area (Å²) in [5.41, 5.74) is 5.40. The molecule has 1 unspecified atom stereocenters. The van der Waals surface area contributed by atoms with Gasteiger partial charge in [-0.3, -0.25) is 4.79 Å². The molecule has 27 heavy (non-hydrogen) atoms. The van der Waals surface area contributed by atoms with Gasteiger partial charge in [-0.2, -0.15) is 0 Å². The van der Waals surface area contributed by atoms with Crippen LogP contribution < -0.4 is 11.1 Å². The molecule has 162 valence electrons. The molecule has 0 bridgehead atoms. The van der Waals surface area contributed by atoms with E-state index in [2.05, 4.69) is 12.2 Å². The number of hydrogen-bond donors (Lipinski definition) is 4. The molecule has 3 atom stereocenters. The monoisotopic (exact) mass is 386 g/mol. The van der Waals surface area contributed by atoms with Crippen LogP contribution in [0.4, 0.5) is 0 Å². The van der Waals surface area contributed by atoms with Gasteiger partial charge in [0.15, 0.2) is 0 Å². The molecule has 0 saturated heterocycles. The number of nitrogens with two attached hydrogens (primary N) is 1. The highest BCUT2D eigenvalue weighted by atomic mass is 16.3. The van der Waals surface area contributed by atoms with Gasteiger partial charge in [-0.1, -0.05) is 84.0 Å². The summed E-state index contributed by atoms with van der Waals surface area (Å²) >= 11 is 0. The molecule has 0 radical (unpaired) electrons. The number of carbonyl (C=O) groups is 1. The van der Waals surface area contributed by atoms with Gasteiger partial charge >= 0.3 is 0 Å². The minimum Gasteiger partial charge on any atom is -0.392 e. The summed E-state index contributed by atoms with van der Waals surface area (Å²) in [6.07, 6.45) is 16.1. The molecule has 5 nitrogen and oxygen atoms in total. The fourth-order valence-corrected chi connectivity index (χ4v) is 3.35. The first-order chi connectivity index (χ1) is 13.0. The lowest BCUT2D eigenvalue weighted by Gasteiger charge is -2.23. The Morgan fingerprint density at radius 2 is 1.30 bits per heavy atom. The Hall–Kier alpha value is -0.650. The van der Waals surface area contributed by atoms with Gasteiger partial charge in [0.1, 0.15) is 0 Å². The Kier molecular flexibility index (Phi) is 18.3. The third-order valence-corrected chi connectivity index (χ3v) is 5.23. The summed E-state index contributed by atoms with van der Waals surface area (Å²) in [4.78, 5) is 12.0. The maximum Gasteiger partial charge on any atom is 0.220 e. The molecule has 0 fully saturated rings. The normalized spacial score (nSPS) is 14.7. The zero-order valence-electron chi connectivity index (χ0n) is 17.9. The fraction of sp³-hybridized carbons (Fsp3) is 0.955. The second-order valence-electron chi connectivity index (χ2n) is 8.03. The summed E-state index contributed by atoms with van der Waals surface area (Å²) in [6, 6.07) is -0.432. The van der Waals surface area contributed by atoms with Gasteiger partial charge < -0.3 is 21.3 Å². The first-order valence-electron chi connectivity index (χ1n) is 11.4. The Morgan fingerprint density at radius 3 is 1.70 bits per heavy atom. The lowest BCUT2D eigenvalue weighted by atomic mass is 10.0. The topological polar surface area (TPSA) is 95.6 Å². The second-order valence-corrected chi connectivity index (χ2v) is 8.03. The molecule has 5 heteroatoms. The Morgan fingerprint density at radius 1 is 0.852 bits per heavy atom. The van der Waals surface area contributed by atoms with E-state index in [0.29, 0.717) is 12.8 Å². The molecule has 0 aliphatic carbocycles. The van der Waals surface area contributed by atoms with Crippen molar-refractivity contribution in [2.45, 2.75) is 128 Å². The average molecular weight is 387 g/mol. The van der Waals surface area contributed by atoms with Crippen molar-refractivity contribution in [3.05, 3.63) is 0 Å². The number of hydrogen-bond acceptors (Lipinski definition) is 4. The van der Waals surface area contributed by atoms with Crippen molar-refractivity contribution in [2.24, 2.45) is 5.73 Å². The van der Waals surface area contributed by atoms with Gasteiger partial charge in [-0.05, 0) is 19.8 Å². The molecule has 0 rings (SSSR count). The van der Waals surface area contributed by atoms with Gasteiger partial charge in [0.25, 0.3) is 0 Å². The molecule has 0 spiro atoms. The van der Waals surface area contributed by atoms with Crippen molar-refractivity contribution >= 4 is 5.91 Å². The van der Waals surface area contributed by atoms with Crippen LogP contribution in [0.15, 0.2) is 0 Å². The molecule has 0 saturated carbocycles. The van der Waals surface area contributed by atoms with E-state index in [1.165, 1.54) is 70.6 Å². The van der Waals surface area contributed by atoms with E-state index in [0.717, 1.165) is 12.8 Å². The Labute approximate surface area is 167 Å². The van der Waals surface area contributed by atoms with Crippen molar-refractivity contribution in [3.8, 4) is 0 Å². The Balaban J connectivity index is 3.51. The zero-order chi connectivity index (χ0) is 20.3. The number of carbonyl (C=O) groups excluding carboxylic acids is 1. The number of aliphatic hydroxyl groups is 2. The van der Waals surface area contributed by atoms with Crippen LogP contribution in [0.5, 0.6) is 0 Å². The molecule has 0 aromatic rings. The molecule has 0 heterocycles. The van der Waals surface area contributed by atoms with Gasteiger partial charge in [0, 0.05) is 13.0 Å². The predicted octanol–water partition coefficient (Wildman–Crippen LogP) is 4.04. The van der Waals surface area contributed by atoms with E-state index in [-0.39, 0.29) is 12.5 Å². The van der Waals surface area contributed by atoms with Crippen LogP contribution in [0.3, 0.4) is 0 Å². The summed E-state index contributed by atoms with van der Waals surface area (Å²) in [6.45, 7) is 4.02. The smallest absolute Gasteiger partial charge is 0.220 e. The highest BCUT2D eigenvalue weighted by Gasteiger charge is 2.20. The maximum absolute atomic E-state index is 12.0. The SMILES string of the molecule is CCCCCCCCCCCCCCCC(=O)NC(C[C@@H](O)CN)[C@@H](C)O. The van der Waals surface area contributed by atoms with Crippen molar-refractivity contribution in [1.82, 2.24) is 5.32 Å². The van der Waals surface area contributed by atoms with E-state index in [1.807, 2.05) is 0 Å². The summed E-state index contributed by atoms with van der Waals surface area (Å²) in [5, 5.41) is 22.1. The molecule has 0 aromatic heterocycles. The third kappa shape index (κ3) is 17.2. The van der Waals surface area contributed by atoms with Gasteiger partial charge in [-0.25, -0.2) is 0 Å². The third-order valence-electron chi connectivity index (χ3n) is 5.23. The number of nitrogens with one attached hydrogen (secondary N) is 1. The molecular formula is C22H46N2O3. The van der Waals surface area contributed by atoms with E-state index >= 15 is 0 Å². The zero-order valence-corrected chi connectivity index (χ0v) is 17.9. The van der Waals surface area contributed by atoms with E-state index in [9.17, 15) is 15.0 Å². The lowest BCUT2D eigenvalue weighted by molar-refractivity contribution is -0.123. The molecule has 0 aliphatic heterocycles. The van der Waals surface area contributed by atoms with Crippen LogP contribution in [0, 0.1) is 0 Å². The Bertz CT molecular complexity index is 338. The first-order valence-corrected chi connectivity index (χ1v) is 11.4. The second kappa shape index (κ2) is 18.7. The van der Waals surface area contributed by atoms with Crippen molar-refractivity contribution in [2.75, 3.05) is 6.54 Å². The highest BCUT2D eigenvalue weighted by molar-refractivity contribution is 5.76. The van der Waals surface area contributed by atoms with E-state index in [1.54, 1.807) is 6.92 Å². The van der Waals surface area contributed by atoms with E-state index in [4.69, 9.17) is 5.73 Å². The van der Waals surface area contributed by atoms with Crippen LogP contribution in [-0.2, 0) is 4.79 Å². The van der Waals surface area contributed by atoms with Crippen LogP contribution in [-0.4, -0.2) is 40.9 Å². The standard InChI is InChI=1S/C22H46N2O3/c1-3-4-5-6-7-8-9-10-11-12-13-14-15-16-22(27)24-21(19(2)25)17-20(26)18-23/h19-21,25-26H,3-18,23H2,1-2H3,(H,24,27)/t19-,20-,21?/m1/s1. The fourth-order valence-electron chi connectivity index (χ4n) is 3.35. The molecule has 1 amide bonds. The van der Waals surface area contributed by atoms with Crippen LogP contribution in [0.25, 0.3) is 0 Å². The minimum atomic E-state index is -0.693. The predicted molar refractivity (Wildman–Crippen MR) is 114 cm³/mol. The largest absolute Gasteiger partial charge is 0.392 e. The summed E-state index contributed by atoms with van der Waals surface area (Å²) < 4.78 is 0. The minimum absolute atomic E-state index is 0.0480. The van der Waals surface area contributed by atoms with Crippen molar-refractivity contribution in [3.63, 3.8) is 0 Å². The van der Waals surface area contributed by atoms with Gasteiger partial charge in [-0.15, -0.1) is 0 Å². The number of amides is 1. The quantitative estimate of drug-likeness (QED) is 0.252. The molecule has 5 N–H and O–H groups in total. The van der Waals surface area contributed by atoms with Crippen LogP contribution in [0.1, 0.15) is 110 Å². The maximum atomic E-state index is 12.0. The van der Waals surface area contributed by atoms with Crippen molar-refractivity contribution in [1.29, 1.82) is 0 Å². The first kappa shape index (κ1) is 26.4. The molecular weight excluding hydrogens is 340 g/mol. The van der Waals surface area contributed by atoms with Gasteiger partial charge in [0.05, 0.1) is 18.2 Å². The molecule has 0 aromatic carbocycles. The average Bonchev–Trinajstić information content (AvgIpc) is 2.64.